The van der Waals surface area contributed by atoms with Crippen LogP contribution in [0.1, 0.15) is 23.6 Å². The van der Waals surface area contributed by atoms with Crippen LogP contribution in [0.2, 0.25) is 0 Å². The lowest BCUT2D eigenvalue weighted by molar-refractivity contribution is -0.145. The Morgan fingerprint density at radius 2 is 1.62 bits per heavy atom. The van der Waals surface area contributed by atoms with Crippen LogP contribution in [0.3, 0.4) is 0 Å². The summed E-state index contributed by atoms with van der Waals surface area (Å²) in [5.74, 6) is -2.64. The summed E-state index contributed by atoms with van der Waals surface area (Å²) in [5.41, 5.74) is 3.87. The second-order valence-corrected chi connectivity index (χ2v) is 6.29. The number of carbonyl (C=O) groups is 2. The summed E-state index contributed by atoms with van der Waals surface area (Å²) in [6.45, 7) is 5.58. The average Bonchev–Trinajstić information content (AvgIpc) is 2.51. The molecule has 0 radical (unpaired) electrons. The number of benzene rings is 2. The van der Waals surface area contributed by atoms with Gasteiger partial charge in [0.1, 0.15) is 0 Å². The van der Waals surface area contributed by atoms with Gasteiger partial charge in [-0.25, -0.2) is 0 Å². The molecule has 0 heterocycles. The number of carbonyl (C=O) groups excluding carboxylic acids is 1. The minimum Gasteiger partial charge on any atom is -0.481 e. The van der Waals surface area contributed by atoms with Gasteiger partial charge >= 0.3 is 5.97 Å². The van der Waals surface area contributed by atoms with Gasteiger partial charge in [0.25, 0.3) is 0 Å². The summed E-state index contributed by atoms with van der Waals surface area (Å²) >= 11 is 0. The van der Waals surface area contributed by atoms with Crippen LogP contribution in [0.25, 0.3) is 0 Å². The minimum absolute atomic E-state index is 0.268. The Bertz CT molecular complexity index is 705. The highest BCUT2D eigenvalue weighted by Gasteiger charge is 2.30. The largest absolute Gasteiger partial charge is 0.481 e. The highest BCUT2D eigenvalue weighted by Crippen LogP contribution is 2.22. The summed E-state index contributed by atoms with van der Waals surface area (Å²) in [7, 11) is 0. The predicted octanol–water partition coefficient (Wildman–Crippen LogP) is 3.82. The van der Waals surface area contributed by atoms with Crippen LogP contribution < -0.4 is 5.32 Å². The third-order valence-corrected chi connectivity index (χ3v) is 4.11. The maximum Gasteiger partial charge on any atom is 0.307 e. The number of hydrogen-bond acceptors (Lipinski definition) is 2. The number of para-hydroxylation sites is 1. The van der Waals surface area contributed by atoms with Crippen molar-refractivity contribution in [2.75, 3.05) is 5.32 Å². The zero-order valence-corrected chi connectivity index (χ0v) is 14.2. The summed E-state index contributed by atoms with van der Waals surface area (Å²) in [6, 6.07) is 15.2. The van der Waals surface area contributed by atoms with E-state index < -0.39 is 17.8 Å². The van der Waals surface area contributed by atoms with Crippen molar-refractivity contribution < 1.29 is 14.7 Å². The lowest BCUT2D eigenvalue weighted by atomic mass is 9.86. The molecular formula is C20H23NO3. The van der Waals surface area contributed by atoms with Crippen LogP contribution in [0.5, 0.6) is 0 Å². The van der Waals surface area contributed by atoms with Crippen molar-refractivity contribution in [1.29, 1.82) is 0 Å². The van der Waals surface area contributed by atoms with Crippen molar-refractivity contribution in [2.24, 2.45) is 11.8 Å². The third-order valence-electron chi connectivity index (χ3n) is 4.11. The van der Waals surface area contributed by atoms with E-state index in [0.717, 1.165) is 16.7 Å². The molecule has 2 aromatic rings. The van der Waals surface area contributed by atoms with Gasteiger partial charge in [0.15, 0.2) is 0 Å². The molecule has 4 heteroatoms. The molecular weight excluding hydrogens is 302 g/mol. The second-order valence-electron chi connectivity index (χ2n) is 6.29. The topological polar surface area (TPSA) is 66.4 Å². The first-order valence-corrected chi connectivity index (χ1v) is 8.02. The number of anilines is 1. The number of rotatable bonds is 6. The Balaban J connectivity index is 2.24. The molecule has 0 aromatic heterocycles. The van der Waals surface area contributed by atoms with Gasteiger partial charge in [-0.3, -0.25) is 9.59 Å². The lowest BCUT2D eigenvalue weighted by Crippen LogP contribution is -2.33. The van der Waals surface area contributed by atoms with Crippen LogP contribution in [0.4, 0.5) is 5.69 Å². The molecule has 0 fully saturated rings. The molecule has 1 amide bonds. The van der Waals surface area contributed by atoms with E-state index in [1.807, 2.05) is 44.2 Å². The van der Waals surface area contributed by atoms with Crippen molar-refractivity contribution in [3.05, 3.63) is 65.2 Å². The number of carboxylic acids is 1. The fourth-order valence-electron chi connectivity index (χ4n) is 2.87. The zero-order chi connectivity index (χ0) is 17.7. The molecule has 0 unspecified atom stereocenters. The molecule has 24 heavy (non-hydrogen) atoms. The van der Waals surface area contributed by atoms with Gasteiger partial charge in [-0.05, 0) is 38.0 Å². The summed E-state index contributed by atoms with van der Waals surface area (Å²) in [5, 5.41) is 12.2. The first kappa shape index (κ1) is 17.7. The fourth-order valence-corrected chi connectivity index (χ4v) is 2.87. The lowest BCUT2D eigenvalue weighted by Gasteiger charge is -2.21. The molecule has 0 saturated carbocycles. The number of aryl methyl sites for hydroxylation is 2. The molecule has 2 N–H and O–H groups in total. The molecule has 0 bridgehead atoms. The van der Waals surface area contributed by atoms with Gasteiger partial charge in [0.2, 0.25) is 5.91 Å². The SMILES string of the molecule is Cc1cc(C)cc(C[C@H](C(=O)Nc2ccccc2)[C@@H](C)C(=O)O)c1. The van der Waals surface area contributed by atoms with Crippen LogP contribution >= 0.6 is 0 Å². The summed E-state index contributed by atoms with van der Waals surface area (Å²) in [6.07, 6.45) is 0.397. The van der Waals surface area contributed by atoms with E-state index in [1.54, 1.807) is 19.1 Å². The number of hydrogen-bond donors (Lipinski definition) is 2. The zero-order valence-electron chi connectivity index (χ0n) is 14.2. The van der Waals surface area contributed by atoms with Crippen LogP contribution in [0.15, 0.2) is 48.5 Å². The molecule has 0 aliphatic heterocycles. The average molecular weight is 325 g/mol. The third kappa shape index (κ3) is 4.69. The van der Waals surface area contributed by atoms with Crippen molar-refractivity contribution in [1.82, 2.24) is 0 Å². The first-order chi connectivity index (χ1) is 11.4. The van der Waals surface area contributed by atoms with Gasteiger partial charge in [0.05, 0.1) is 11.8 Å². The van der Waals surface area contributed by atoms with Crippen LogP contribution in [0, 0.1) is 25.7 Å². The number of carboxylic acid groups (broad SMARTS) is 1. The monoisotopic (exact) mass is 325 g/mol. The van der Waals surface area contributed by atoms with Crippen molar-refractivity contribution >= 4 is 17.6 Å². The van der Waals surface area contributed by atoms with E-state index in [9.17, 15) is 14.7 Å². The Kier molecular flexibility index (Phi) is 5.74. The van der Waals surface area contributed by atoms with Crippen LogP contribution in [-0.4, -0.2) is 17.0 Å². The van der Waals surface area contributed by atoms with E-state index in [2.05, 4.69) is 11.4 Å². The highest BCUT2D eigenvalue weighted by molar-refractivity contribution is 5.95. The van der Waals surface area contributed by atoms with E-state index in [-0.39, 0.29) is 5.91 Å². The summed E-state index contributed by atoms with van der Waals surface area (Å²) < 4.78 is 0. The smallest absolute Gasteiger partial charge is 0.307 e. The molecule has 0 aliphatic rings. The minimum atomic E-state index is -0.965. The van der Waals surface area contributed by atoms with Crippen molar-refractivity contribution in [3.8, 4) is 0 Å². The van der Waals surface area contributed by atoms with E-state index in [1.165, 1.54) is 0 Å². The quantitative estimate of drug-likeness (QED) is 0.848. The Labute approximate surface area is 142 Å². The molecule has 0 spiro atoms. The molecule has 4 nitrogen and oxygen atoms in total. The van der Waals surface area contributed by atoms with Crippen LogP contribution in [-0.2, 0) is 16.0 Å². The normalized spacial score (nSPS) is 13.1. The van der Waals surface area contributed by atoms with E-state index >= 15 is 0 Å². The van der Waals surface area contributed by atoms with Gasteiger partial charge < -0.3 is 10.4 Å². The Morgan fingerprint density at radius 3 is 2.17 bits per heavy atom. The maximum atomic E-state index is 12.7. The highest BCUT2D eigenvalue weighted by atomic mass is 16.4. The standard InChI is InChI=1S/C20H23NO3/c1-13-9-14(2)11-16(10-13)12-18(15(3)20(23)24)19(22)21-17-7-5-4-6-8-17/h4-11,15,18H,12H2,1-3H3,(H,21,22)(H,23,24)/t15-,18+/m1/s1. The molecule has 126 valence electrons. The number of nitrogens with one attached hydrogen (secondary N) is 1. The summed E-state index contributed by atoms with van der Waals surface area (Å²) in [4.78, 5) is 24.1. The molecule has 2 aromatic carbocycles. The Morgan fingerprint density at radius 1 is 1.04 bits per heavy atom. The van der Waals surface area contributed by atoms with Crippen molar-refractivity contribution in [3.63, 3.8) is 0 Å². The van der Waals surface area contributed by atoms with Gasteiger partial charge in [-0.2, -0.15) is 0 Å². The molecule has 0 saturated heterocycles. The molecule has 2 atom stereocenters. The van der Waals surface area contributed by atoms with Crippen molar-refractivity contribution in [2.45, 2.75) is 27.2 Å². The van der Waals surface area contributed by atoms with Gasteiger partial charge in [-0.1, -0.05) is 54.4 Å². The number of aliphatic carboxylic acids is 1. The van der Waals surface area contributed by atoms with E-state index in [4.69, 9.17) is 0 Å². The Hall–Kier alpha value is -2.62. The van der Waals surface area contributed by atoms with Gasteiger partial charge in [0, 0.05) is 5.69 Å². The number of amides is 1. The maximum absolute atomic E-state index is 12.7. The van der Waals surface area contributed by atoms with E-state index in [0.29, 0.717) is 12.1 Å². The second kappa shape index (κ2) is 7.77. The van der Waals surface area contributed by atoms with Gasteiger partial charge in [-0.15, -0.1) is 0 Å². The first-order valence-electron chi connectivity index (χ1n) is 8.02. The fraction of sp³-hybridized carbons (Fsp3) is 0.300. The predicted molar refractivity (Wildman–Crippen MR) is 95.0 cm³/mol. The molecule has 0 aliphatic carbocycles. The molecule has 2 rings (SSSR count).